The molecule has 0 radical (unpaired) electrons. The first-order chi connectivity index (χ1) is 4.41. The predicted molar refractivity (Wildman–Crippen MR) is 42.7 cm³/mol. The number of hydrogen-bond acceptors (Lipinski definition) is 1. The summed E-state index contributed by atoms with van der Waals surface area (Å²) in [5, 5.41) is 0.896. The first-order valence-corrected chi connectivity index (χ1v) is 3.68. The number of alkyl halides is 1. The van der Waals surface area contributed by atoms with Crippen molar-refractivity contribution in [3.05, 3.63) is 37.3 Å². The molecule has 9 heavy (non-hydrogen) atoms. The molecule has 0 amide bonds. The van der Waals surface area contributed by atoms with Crippen molar-refractivity contribution in [1.82, 2.24) is 0 Å². The highest BCUT2D eigenvalue weighted by molar-refractivity contribution is 9.09. The van der Waals surface area contributed by atoms with Crippen LogP contribution in [-0.4, -0.2) is 5.33 Å². The maximum Gasteiger partial charge on any atom is 0.0902 e. The molecule has 0 N–H and O–H groups in total. The minimum Gasteiger partial charge on any atom is -0.473 e. The molecular weight excluding hydrogens is 180 g/mol. The van der Waals surface area contributed by atoms with E-state index >= 15 is 0 Å². The van der Waals surface area contributed by atoms with Gasteiger partial charge in [0.25, 0.3) is 0 Å². The topological polar surface area (TPSA) is 13.1 Å². The van der Waals surface area contributed by atoms with E-state index in [0.29, 0.717) is 0 Å². The molecule has 0 aliphatic carbocycles. The highest BCUT2D eigenvalue weighted by Gasteiger charge is 1.58. The molecule has 0 saturated carbocycles. The van der Waals surface area contributed by atoms with Gasteiger partial charge in [-0.25, -0.2) is 0 Å². The Balaban J connectivity index is 0.000000148. The molecule has 1 aromatic heterocycles. The van der Waals surface area contributed by atoms with Crippen molar-refractivity contribution < 1.29 is 4.42 Å². The molecule has 0 bridgehead atoms. The molecule has 0 aromatic carbocycles. The second-order valence-corrected chi connectivity index (χ2v) is 1.88. The van der Waals surface area contributed by atoms with E-state index in [-0.39, 0.29) is 0 Å². The number of allylic oxidation sites excluding steroid dienone is 1. The number of hydrogen-bond donors (Lipinski definition) is 0. The predicted octanol–water partition coefficient (Wildman–Crippen LogP) is 2.85. The van der Waals surface area contributed by atoms with Gasteiger partial charge in [-0.1, -0.05) is 22.0 Å². The van der Waals surface area contributed by atoms with Crippen molar-refractivity contribution in [1.29, 1.82) is 0 Å². The zero-order chi connectivity index (χ0) is 6.95. The first kappa shape index (κ1) is 8.50. The van der Waals surface area contributed by atoms with Gasteiger partial charge in [-0.2, -0.15) is 0 Å². The van der Waals surface area contributed by atoms with E-state index in [4.69, 9.17) is 0 Å². The maximum absolute atomic E-state index is 4.58. The van der Waals surface area contributed by atoms with E-state index in [1.165, 1.54) is 0 Å². The van der Waals surface area contributed by atoms with Crippen LogP contribution >= 0.6 is 15.9 Å². The summed E-state index contributed by atoms with van der Waals surface area (Å²) in [6.07, 6.45) is 5.04. The van der Waals surface area contributed by atoms with Crippen LogP contribution in [0.4, 0.5) is 0 Å². The van der Waals surface area contributed by atoms with Gasteiger partial charge in [-0.05, 0) is 12.1 Å². The van der Waals surface area contributed by atoms with E-state index in [9.17, 15) is 0 Å². The van der Waals surface area contributed by atoms with Gasteiger partial charge in [0.1, 0.15) is 0 Å². The largest absolute Gasteiger partial charge is 0.473 e. The molecule has 0 aliphatic heterocycles. The molecular formula is C7H9BrO. The number of halogens is 1. The summed E-state index contributed by atoms with van der Waals surface area (Å²) in [7, 11) is 0. The van der Waals surface area contributed by atoms with Gasteiger partial charge < -0.3 is 4.42 Å². The van der Waals surface area contributed by atoms with Crippen LogP contribution in [0.25, 0.3) is 0 Å². The van der Waals surface area contributed by atoms with Gasteiger partial charge in [0, 0.05) is 5.33 Å². The van der Waals surface area contributed by atoms with Crippen molar-refractivity contribution in [2.75, 3.05) is 5.33 Å². The number of rotatable bonds is 1. The Morgan fingerprint density at radius 1 is 1.44 bits per heavy atom. The molecule has 1 rings (SSSR count). The lowest BCUT2D eigenvalue weighted by atomic mass is 10.7. The SMILES string of the molecule is C=CCBr.c1ccoc1. The summed E-state index contributed by atoms with van der Waals surface area (Å²) in [6.45, 7) is 3.43. The summed E-state index contributed by atoms with van der Waals surface area (Å²) in [5.74, 6) is 0. The molecule has 0 unspecified atom stereocenters. The first-order valence-electron chi connectivity index (χ1n) is 2.56. The molecule has 1 aromatic rings. The Kier molecular flexibility index (Phi) is 7.08. The van der Waals surface area contributed by atoms with Crippen molar-refractivity contribution in [3.8, 4) is 0 Å². The molecule has 0 fully saturated rings. The standard InChI is InChI=1S/C4H4O.C3H5Br/c1-2-4-5-3-1;1-2-3-4/h1-4H;2H,1,3H2. The van der Waals surface area contributed by atoms with Crippen LogP contribution in [0.1, 0.15) is 0 Å². The fraction of sp³-hybridized carbons (Fsp3) is 0.143. The van der Waals surface area contributed by atoms with Gasteiger partial charge in [0.2, 0.25) is 0 Å². The van der Waals surface area contributed by atoms with E-state index in [1.807, 2.05) is 12.1 Å². The van der Waals surface area contributed by atoms with E-state index in [1.54, 1.807) is 18.6 Å². The monoisotopic (exact) mass is 188 g/mol. The third-order valence-electron chi connectivity index (χ3n) is 0.534. The zero-order valence-corrected chi connectivity index (χ0v) is 6.67. The van der Waals surface area contributed by atoms with Crippen LogP contribution in [0.3, 0.4) is 0 Å². The lowest BCUT2D eigenvalue weighted by Crippen LogP contribution is -1.43. The zero-order valence-electron chi connectivity index (χ0n) is 5.09. The summed E-state index contributed by atoms with van der Waals surface area (Å²) < 4.78 is 4.58. The highest BCUT2D eigenvalue weighted by atomic mass is 79.9. The summed E-state index contributed by atoms with van der Waals surface area (Å²) >= 11 is 3.13. The lowest BCUT2D eigenvalue weighted by molar-refractivity contribution is 0.567. The number of furan rings is 1. The summed E-state index contributed by atoms with van der Waals surface area (Å²) in [6, 6.07) is 3.67. The minimum atomic E-state index is 0.896. The molecule has 1 heterocycles. The van der Waals surface area contributed by atoms with Gasteiger partial charge in [-0.15, -0.1) is 6.58 Å². The van der Waals surface area contributed by atoms with Crippen molar-refractivity contribution >= 4 is 15.9 Å². The quantitative estimate of drug-likeness (QED) is 0.489. The molecule has 0 aliphatic rings. The molecule has 2 heteroatoms. The fourth-order valence-electron chi connectivity index (χ4n) is 0.227. The second-order valence-electron chi connectivity index (χ2n) is 1.24. The van der Waals surface area contributed by atoms with Crippen molar-refractivity contribution in [2.45, 2.75) is 0 Å². The average molecular weight is 189 g/mol. The summed E-state index contributed by atoms with van der Waals surface area (Å²) in [4.78, 5) is 0. The summed E-state index contributed by atoms with van der Waals surface area (Å²) in [5.41, 5.74) is 0. The Bertz CT molecular complexity index is 106. The molecule has 1 nitrogen and oxygen atoms in total. The molecule has 0 spiro atoms. The van der Waals surface area contributed by atoms with Crippen LogP contribution in [0, 0.1) is 0 Å². The van der Waals surface area contributed by atoms with E-state index in [0.717, 1.165) is 5.33 Å². The van der Waals surface area contributed by atoms with Crippen LogP contribution in [-0.2, 0) is 0 Å². The van der Waals surface area contributed by atoms with E-state index in [2.05, 4.69) is 26.9 Å². The fourth-order valence-corrected chi connectivity index (χ4v) is 0.227. The Labute approximate surface area is 63.5 Å². The highest BCUT2D eigenvalue weighted by Crippen LogP contribution is 1.79. The van der Waals surface area contributed by atoms with Gasteiger partial charge >= 0.3 is 0 Å². The van der Waals surface area contributed by atoms with Gasteiger partial charge in [-0.3, -0.25) is 0 Å². The van der Waals surface area contributed by atoms with Crippen LogP contribution in [0.2, 0.25) is 0 Å². The minimum absolute atomic E-state index is 0.896. The Hall–Kier alpha value is -0.500. The Morgan fingerprint density at radius 3 is 2.00 bits per heavy atom. The molecule has 0 saturated heterocycles. The second kappa shape index (κ2) is 7.50. The van der Waals surface area contributed by atoms with Crippen molar-refractivity contribution in [3.63, 3.8) is 0 Å². The van der Waals surface area contributed by atoms with Gasteiger partial charge in [0.15, 0.2) is 0 Å². The third kappa shape index (κ3) is 7.50. The van der Waals surface area contributed by atoms with Crippen molar-refractivity contribution in [2.24, 2.45) is 0 Å². The maximum atomic E-state index is 4.58. The van der Waals surface area contributed by atoms with Crippen LogP contribution < -0.4 is 0 Å². The average Bonchev–Trinajstić information content (AvgIpc) is 2.43. The normalized spacial score (nSPS) is 7.22. The Morgan fingerprint density at radius 2 is 1.89 bits per heavy atom. The lowest BCUT2D eigenvalue weighted by Gasteiger charge is -1.55. The smallest absolute Gasteiger partial charge is 0.0902 e. The molecule has 50 valence electrons. The van der Waals surface area contributed by atoms with E-state index < -0.39 is 0 Å². The third-order valence-corrected chi connectivity index (χ3v) is 0.992. The van der Waals surface area contributed by atoms with Crippen LogP contribution in [0.5, 0.6) is 0 Å². The molecule has 0 atom stereocenters. The van der Waals surface area contributed by atoms with Crippen LogP contribution in [0.15, 0.2) is 41.7 Å². The van der Waals surface area contributed by atoms with Gasteiger partial charge in [0.05, 0.1) is 12.5 Å².